The van der Waals surface area contributed by atoms with E-state index in [2.05, 4.69) is 14.8 Å². The quantitative estimate of drug-likeness (QED) is 0.0174. The summed E-state index contributed by atoms with van der Waals surface area (Å²) in [6, 6.07) is -2.11. The van der Waals surface area contributed by atoms with Crippen molar-refractivity contribution in [2.45, 2.75) is 210 Å². The van der Waals surface area contributed by atoms with Gasteiger partial charge in [-0.1, -0.05) is 38.5 Å². The number of ether oxygens (including phenoxy) is 10. The van der Waals surface area contributed by atoms with E-state index in [-0.39, 0.29) is 132 Å². The molecular formula is C60H120N2O36P4S3. The number of hydrogen-bond acceptors (Lipinski definition) is 38. The summed E-state index contributed by atoms with van der Waals surface area (Å²) in [4.78, 5) is 33.4. The molecule has 2 amide bonds. The van der Waals surface area contributed by atoms with Crippen molar-refractivity contribution in [2.75, 3.05) is 160 Å². The van der Waals surface area contributed by atoms with E-state index in [0.717, 1.165) is 0 Å². The van der Waals surface area contributed by atoms with Crippen LogP contribution in [-0.2, 0) is 119 Å². The second-order valence-corrected chi connectivity index (χ2v) is 36.3. The first kappa shape index (κ1) is 101. The Hall–Kier alpha value is -0.290. The van der Waals surface area contributed by atoms with Gasteiger partial charge in [0.25, 0.3) is 6.48 Å². The molecule has 0 aliphatic carbocycles. The zero-order valence-corrected chi connectivity index (χ0v) is 67.2. The van der Waals surface area contributed by atoms with Gasteiger partial charge in [0.1, 0.15) is 89.8 Å². The molecule has 16 unspecified atom stereocenters. The summed E-state index contributed by atoms with van der Waals surface area (Å²) >= 11 is 1.44. The molecule has 2 rings (SSSR count). The fraction of sp³-hybridized carbons (Fsp3) is 0.967. The average Bonchev–Trinajstić information content (AvgIpc) is 0.821. The van der Waals surface area contributed by atoms with E-state index in [1.54, 1.807) is 0 Å². The average molecular weight is 1670 g/mol. The molecule has 2 fully saturated rings. The fourth-order valence-corrected chi connectivity index (χ4v) is 16.7. The number of nitrogens with one attached hydrogen (secondary N) is 2. The second-order valence-electron chi connectivity index (χ2n) is 24.3. The number of amides is 2. The molecule has 0 bridgehead atoms. The SMILES string of the molecule is COSP(=O)(O)OCCCCOCC(COCCCO[PH](=O)OCCCCCCOC1OC(CO)C(O)C(O)C1NC(C)=O)(COCCCOP(=O)(OCCCCCCOC1OC(CO)C(O)C(O)C1NC(C)=O)SOC)COCCCOP(=O)(OCCCCCCO[C@@H](O)OC(CO)[C@@H](C)O)SOC. The highest BCUT2D eigenvalue weighted by Gasteiger charge is 2.47. The molecule has 0 aromatic carbocycles. The predicted octanol–water partition coefficient (Wildman–Crippen LogP) is 4.35. The van der Waals surface area contributed by atoms with E-state index in [4.69, 9.17) is 87.4 Å². The van der Waals surface area contributed by atoms with Crippen LogP contribution in [0.25, 0.3) is 0 Å². The molecular weight excluding hydrogens is 1540 g/mol. The van der Waals surface area contributed by atoms with E-state index < -0.39 is 146 Å². The molecule has 0 saturated carbocycles. The summed E-state index contributed by atoms with van der Waals surface area (Å²) in [6.07, 6.45) is -3.51. The Labute approximate surface area is 628 Å². The highest BCUT2D eigenvalue weighted by Crippen LogP contribution is 2.62. The lowest BCUT2D eigenvalue weighted by molar-refractivity contribution is -0.295. The van der Waals surface area contributed by atoms with E-state index in [1.165, 1.54) is 42.1 Å². The number of rotatable bonds is 70. The molecule has 12 N–H and O–H groups in total. The van der Waals surface area contributed by atoms with Crippen LogP contribution in [0.4, 0.5) is 0 Å². The van der Waals surface area contributed by atoms with Crippen LogP contribution >= 0.6 is 63.6 Å². The lowest BCUT2D eigenvalue weighted by Crippen LogP contribution is -2.64. The van der Waals surface area contributed by atoms with Crippen molar-refractivity contribution in [3.8, 4) is 0 Å². The van der Waals surface area contributed by atoms with Crippen LogP contribution in [-0.4, -0.2) is 303 Å². The van der Waals surface area contributed by atoms with Gasteiger partial charge < -0.3 is 130 Å². The Morgan fingerprint density at radius 3 is 1.22 bits per heavy atom. The van der Waals surface area contributed by atoms with E-state index in [9.17, 15) is 78.7 Å². The Morgan fingerprint density at radius 1 is 0.486 bits per heavy atom. The Kier molecular flexibility index (Phi) is 57.9. The van der Waals surface area contributed by atoms with Crippen molar-refractivity contribution in [3.63, 3.8) is 0 Å². The molecule has 0 spiro atoms. The first-order valence-electron chi connectivity index (χ1n) is 35.1. The van der Waals surface area contributed by atoms with Crippen molar-refractivity contribution in [3.05, 3.63) is 0 Å². The van der Waals surface area contributed by atoms with Gasteiger partial charge in [-0.05, 0) is 77.6 Å². The highest BCUT2D eigenvalue weighted by molar-refractivity contribution is 8.53. The Morgan fingerprint density at radius 2 is 0.829 bits per heavy atom. The van der Waals surface area contributed by atoms with Crippen molar-refractivity contribution < 1.29 is 170 Å². The summed E-state index contributed by atoms with van der Waals surface area (Å²) in [5.41, 5.74) is -1.01. The van der Waals surface area contributed by atoms with Crippen molar-refractivity contribution >= 4 is 75.4 Å². The summed E-state index contributed by atoms with van der Waals surface area (Å²) in [7, 11) is 1.02. The molecule has 624 valence electrons. The lowest BCUT2D eigenvalue weighted by Gasteiger charge is -2.42. The molecule has 0 aromatic heterocycles. The number of carbonyl (C=O) groups excluding carboxylic acids is 2. The number of unbranched alkanes of at least 4 members (excludes halogenated alkanes) is 10. The van der Waals surface area contributed by atoms with Crippen LogP contribution < -0.4 is 10.6 Å². The molecule has 2 heterocycles. The monoisotopic (exact) mass is 1660 g/mol. The van der Waals surface area contributed by atoms with Crippen LogP contribution in [0.2, 0.25) is 0 Å². The lowest BCUT2D eigenvalue weighted by atomic mass is 9.92. The molecule has 18 atom stereocenters. The largest absolute Gasteiger partial charge is 0.415 e. The molecule has 2 saturated heterocycles. The molecule has 38 nitrogen and oxygen atoms in total. The molecule has 2 aliphatic heterocycles. The van der Waals surface area contributed by atoms with Gasteiger partial charge in [-0.25, -0.2) is 13.7 Å². The minimum absolute atomic E-state index is 0.000260. The summed E-state index contributed by atoms with van der Waals surface area (Å²) in [5, 5.41) is 94.6. The van der Waals surface area contributed by atoms with Crippen LogP contribution in [0.1, 0.15) is 130 Å². The zero-order valence-electron chi connectivity index (χ0n) is 61.0. The van der Waals surface area contributed by atoms with Crippen molar-refractivity contribution in [1.82, 2.24) is 10.6 Å². The van der Waals surface area contributed by atoms with Crippen LogP contribution in [0.5, 0.6) is 0 Å². The first-order chi connectivity index (χ1) is 50.3. The summed E-state index contributed by atoms with van der Waals surface area (Å²) in [6.45, 7) is -9.89. The van der Waals surface area contributed by atoms with E-state index >= 15 is 0 Å². The van der Waals surface area contributed by atoms with Crippen LogP contribution in [0.15, 0.2) is 0 Å². The third-order valence-corrected chi connectivity index (χ3v) is 24.2. The zero-order chi connectivity index (χ0) is 77.8. The van der Waals surface area contributed by atoms with E-state index in [1.807, 2.05) is 0 Å². The minimum Gasteiger partial charge on any atom is -0.394 e. The molecule has 2 aliphatic rings. The van der Waals surface area contributed by atoms with Crippen LogP contribution in [0.3, 0.4) is 0 Å². The second kappa shape index (κ2) is 60.3. The van der Waals surface area contributed by atoms with Gasteiger partial charge in [0.2, 0.25) is 11.8 Å². The highest BCUT2D eigenvalue weighted by atomic mass is 32.7. The minimum atomic E-state index is -4.02. The maximum absolute atomic E-state index is 13.7. The van der Waals surface area contributed by atoms with Gasteiger partial charge in [0.15, 0.2) is 12.6 Å². The van der Waals surface area contributed by atoms with Gasteiger partial charge in [0, 0.05) is 53.5 Å². The number of hydrogen-bond donors (Lipinski definition) is 12. The van der Waals surface area contributed by atoms with E-state index in [0.29, 0.717) is 131 Å². The molecule has 0 radical (unpaired) electrons. The van der Waals surface area contributed by atoms with Gasteiger partial charge in [0.05, 0.1) is 132 Å². The number of aliphatic hydroxyl groups is 9. The Balaban J connectivity index is 2.06. The molecule has 105 heavy (non-hydrogen) atoms. The van der Waals surface area contributed by atoms with Gasteiger partial charge in [-0.15, -0.1) is 0 Å². The van der Waals surface area contributed by atoms with Crippen molar-refractivity contribution in [2.24, 2.45) is 5.41 Å². The third kappa shape index (κ3) is 46.0. The van der Waals surface area contributed by atoms with Crippen molar-refractivity contribution in [1.29, 1.82) is 0 Å². The first-order valence-corrected chi connectivity index (χ1v) is 45.0. The van der Waals surface area contributed by atoms with Gasteiger partial charge in [-0.3, -0.25) is 36.8 Å². The summed E-state index contributed by atoms with van der Waals surface area (Å²) in [5.74, 6) is -0.938. The smallest absolute Gasteiger partial charge is 0.394 e. The third-order valence-electron chi connectivity index (χ3n) is 15.3. The standard InChI is InChI=1S/C60H120N2O36P4S3/c1-45(66)48(38-63)98-59(73)88-30-15-9-12-18-35-93-102(78,105-81-6)95-37-23-27-85-44-60(41-82-24-19-20-33-91-100(75,76)103-79-4,42-83-25-21-32-90-99(74)89-31-16-10-7-13-28-86-57-51(61-46(2)67)55(71)53(69)49(39-64)96-57)43-84-26-22-36-94-101(77,104-80-5)92-34-17-11-8-14-29-87-58-52(62-47(3)68)56(72)54(70)50(40-65)97-58/h45,48-59,63-66,69-73,99H,7-44H2,1-6H3,(H,61,67)(H,62,68)(H,75,76)/t45-,48?,49?,50?,51?,52?,53?,54?,55?,56?,57?,58?,59-,60?,101?,102?/m1/s1. The fourth-order valence-electron chi connectivity index (χ4n) is 9.87. The topological polar surface area (TPSA) is 513 Å². The van der Waals surface area contributed by atoms with Crippen LogP contribution in [0, 0.1) is 5.41 Å². The maximum Gasteiger partial charge on any atom is 0.415 e. The normalized spacial score (nSPS) is 24.3. The molecule has 0 aromatic rings. The number of aliphatic hydroxyl groups excluding tert-OH is 9. The number of carbonyl (C=O) groups is 2. The predicted molar refractivity (Wildman–Crippen MR) is 382 cm³/mol. The molecule has 45 heteroatoms. The Bertz CT molecular complexity index is 2390. The van der Waals surface area contributed by atoms with Gasteiger partial charge >= 0.3 is 28.6 Å². The summed E-state index contributed by atoms with van der Waals surface area (Å²) < 4.78 is 164. The van der Waals surface area contributed by atoms with Gasteiger partial charge in [-0.2, -0.15) is 0 Å². The maximum atomic E-state index is 13.7.